The number of nitrogens with one attached hydrogen (secondary N) is 1. The summed E-state index contributed by atoms with van der Waals surface area (Å²) in [5, 5.41) is 3.24. The van der Waals surface area contributed by atoms with Crippen molar-refractivity contribution in [2.45, 2.75) is 19.5 Å². The molecule has 0 fully saturated rings. The molecule has 3 aromatic heterocycles. The molecule has 0 saturated carbocycles. The third kappa shape index (κ3) is 3.14. The van der Waals surface area contributed by atoms with Crippen LogP contribution in [-0.4, -0.2) is 31.8 Å². The summed E-state index contributed by atoms with van der Waals surface area (Å²) in [6, 6.07) is 7.39. The zero-order valence-corrected chi connectivity index (χ0v) is 13.6. The highest BCUT2D eigenvalue weighted by atomic mass is 16.1. The fraction of sp³-hybridized carbons (Fsp3) is 0.222. The standard InChI is InChI=1S/C18H18N6O/c19-13-3-4-14(12-2-1-5-20-9-12)22-15(13)8-17(25)16-11-24-7-6-21-10-18(24)23-16/h1-5,9,11,21H,6-8,10,19H2. The van der Waals surface area contributed by atoms with E-state index in [0.717, 1.165) is 30.2 Å². The van der Waals surface area contributed by atoms with Gasteiger partial charge in [-0.15, -0.1) is 0 Å². The first-order valence-corrected chi connectivity index (χ1v) is 8.16. The van der Waals surface area contributed by atoms with Gasteiger partial charge in [-0.05, 0) is 24.3 Å². The maximum absolute atomic E-state index is 12.6. The van der Waals surface area contributed by atoms with Gasteiger partial charge in [0.05, 0.1) is 30.0 Å². The molecule has 0 radical (unpaired) electrons. The lowest BCUT2D eigenvalue weighted by atomic mass is 10.1. The SMILES string of the molecule is Nc1ccc(-c2cccnc2)nc1CC(=O)c1cn2c(n1)CNCC2. The number of carbonyl (C=O) groups excluding carboxylic acids is 1. The summed E-state index contributed by atoms with van der Waals surface area (Å²) in [5.41, 5.74) is 9.20. The Morgan fingerprint density at radius 2 is 2.20 bits per heavy atom. The van der Waals surface area contributed by atoms with Gasteiger partial charge >= 0.3 is 0 Å². The predicted molar refractivity (Wildman–Crippen MR) is 93.8 cm³/mol. The van der Waals surface area contributed by atoms with Gasteiger partial charge in [0, 0.05) is 37.2 Å². The predicted octanol–water partition coefficient (Wildman–Crippen LogP) is 1.45. The number of aromatic nitrogens is 4. The molecule has 3 N–H and O–H groups in total. The monoisotopic (exact) mass is 334 g/mol. The number of pyridine rings is 2. The average molecular weight is 334 g/mol. The number of Topliss-reactive ketones (excluding diaryl/α,β-unsaturated/α-hetero) is 1. The van der Waals surface area contributed by atoms with Gasteiger partial charge in [0.25, 0.3) is 0 Å². The van der Waals surface area contributed by atoms with E-state index in [4.69, 9.17) is 5.73 Å². The van der Waals surface area contributed by atoms with Crippen LogP contribution < -0.4 is 11.1 Å². The number of nitrogen functional groups attached to an aromatic ring is 1. The highest BCUT2D eigenvalue weighted by Crippen LogP contribution is 2.20. The summed E-state index contributed by atoms with van der Waals surface area (Å²) in [7, 11) is 0. The summed E-state index contributed by atoms with van der Waals surface area (Å²) in [5.74, 6) is 0.809. The highest BCUT2D eigenvalue weighted by molar-refractivity contribution is 5.96. The molecule has 7 heteroatoms. The Bertz CT molecular complexity index is 895. The molecule has 126 valence electrons. The summed E-state index contributed by atoms with van der Waals surface area (Å²) >= 11 is 0. The molecule has 0 atom stereocenters. The van der Waals surface area contributed by atoms with Crippen LogP contribution in [0.5, 0.6) is 0 Å². The van der Waals surface area contributed by atoms with Gasteiger partial charge < -0.3 is 15.6 Å². The number of fused-ring (bicyclic) bond motifs is 1. The van der Waals surface area contributed by atoms with E-state index in [0.29, 0.717) is 23.6 Å². The number of carbonyl (C=O) groups is 1. The van der Waals surface area contributed by atoms with E-state index in [2.05, 4.69) is 20.3 Å². The van der Waals surface area contributed by atoms with Crippen molar-refractivity contribution in [2.75, 3.05) is 12.3 Å². The summed E-state index contributed by atoms with van der Waals surface area (Å²) in [6.07, 6.45) is 5.39. The second kappa shape index (κ2) is 6.45. The molecule has 4 heterocycles. The quantitative estimate of drug-likeness (QED) is 0.701. The zero-order valence-electron chi connectivity index (χ0n) is 13.6. The van der Waals surface area contributed by atoms with Gasteiger partial charge in [0.1, 0.15) is 11.5 Å². The summed E-state index contributed by atoms with van der Waals surface area (Å²) in [4.78, 5) is 25.7. The molecule has 3 aromatic rings. The molecule has 7 nitrogen and oxygen atoms in total. The van der Waals surface area contributed by atoms with Crippen molar-refractivity contribution in [3.63, 3.8) is 0 Å². The summed E-state index contributed by atoms with van der Waals surface area (Å²) < 4.78 is 2.02. The van der Waals surface area contributed by atoms with Crippen molar-refractivity contribution in [2.24, 2.45) is 0 Å². The lowest BCUT2D eigenvalue weighted by Gasteiger charge is -2.13. The Labute approximate surface area is 144 Å². The van der Waals surface area contributed by atoms with E-state index in [9.17, 15) is 4.79 Å². The Balaban J connectivity index is 1.59. The molecular formula is C18H18N6O. The van der Waals surface area contributed by atoms with Crippen LogP contribution >= 0.6 is 0 Å². The first-order valence-electron chi connectivity index (χ1n) is 8.16. The van der Waals surface area contributed by atoms with Gasteiger partial charge in [-0.1, -0.05) is 0 Å². The number of hydrogen-bond donors (Lipinski definition) is 2. The van der Waals surface area contributed by atoms with E-state index >= 15 is 0 Å². The normalized spacial score (nSPS) is 13.4. The molecule has 0 unspecified atom stereocenters. The van der Waals surface area contributed by atoms with Gasteiger partial charge in [-0.25, -0.2) is 4.98 Å². The summed E-state index contributed by atoms with van der Waals surface area (Å²) in [6.45, 7) is 2.40. The minimum atomic E-state index is -0.0792. The van der Waals surface area contributed by atoms with Crippen molar-refractivity contribution >= 4 is 11.5 Å². The Kier molecular flexibility index (Phi) is 3.99. The molecule has 0 spiro atoms. The van der Waals surface area contributed by atoms with E-state index in [-0.39, 0.29) is 12.2 Å². The largest absolute Gasteiger partial charge is 0.397 e. The highest BCUT2D eigenvalue weighted by Gasteiger charge is 2.18. The number of anilines is 1. The third-order valence-corrected chi connectivity index (χ3v) is 4.25. The Hall–Kier alpha value is -3.06. The molecule has 1 aliphatic heterocycles. The number of rotatable bonds is 4. The molecule has 0 saturated heterocycles. The molecule has 0 amide bonds. The van der Waals surface area contributed by atoms with Gasteiger partial charge in [-0.2, -0.15) is 0 Å². The molecule has 25 heavy (non-hydrogen) atoms. The average Bonchev–Trinajstić information content (AvgIpc) is 3.08. The smallest absolute Gasteiger partial charge is 0.188 e. The van der Waals surface area contributed by atoms with E-state index in [1.165, 1.54) is 0 Å². The number of nitrogens with two attached hydrogens (primary N) is 1. The van der Waals surface area contributed by atoms with Crippen molar-refractivity contribution in [3.8, 4) is 11.3 Å². The first-order chi connectivity index (χ1) is 12.2. The third-order valence-electron chi connectivity index (χ3n) is 4.25. The lowest BCUT2D eigenvalue weighted by Crippen LogP contribution is -2.27. The molecule has 0 bridgehead atoms. The van der Waals surface area contributed by atoms with Crippen molar-refractivity contribution < 1.29 is 4.79 Å². The van der Waals surface area contributed by atoms with Crippen LogP contribution in [0.2, 0.25) is 0 Å². The maximum Gasteiger partial charge on any atom is 0.188 e. The van der Waals surface area contributed by atoms with Crippen LogP contribution in [-0.2, 0) is 19.5 Å². The molecule has 4 rings (SSSR count). The molecular weight excluding hydrogens is 316 g/mol. The van der Waals surface area contributed by atoms with Gasteiger partial charge in [0.15, 0.2) is 5.78 Å². The number of nitrogens with zero attached hydrogens (tertiary/aromatic N) is 4. The fourth-order valence-electron chi connectivity index (χ4n) is 2.89. The van der Waals surface area contributed by atoms with E-state index in [1.54, 1.807) is 18.5 Å². The fourth-order valence-corrected chi connectivity index (χ4v) is 2.89. The van der Waals surface area contributed by atoms with E-state index < -0.39 is 0 Å². The Morgan fingerprint density at radius 1 is 1.28 bits per heavy atom. The van der Waals surface area contributed by atoms with Crippen LogP contribution in [0, 0.1) is 0 Å². The maximum atomic E-state index is 12.6. The molecule has 1 aliphatic rings. The molecule has 0 aliphatic carbocycles. The number of hydrogen-bond acceptors (Lipinski definition) is 6. The van der Waals surface area contributed by atoms with Crippen LogP contribution in [0.3, 0.4) is 0 Å². The van der Waals surface area contributed by atoms with Crippen molar-refractivity contribution in [3.05, 3.63) is 60.1 Å². The number of ketones is 1. The minimum absolute atomic E-state index is 0.0792. The Morgan fingerprint density at radius 3 is 3.00 bits per heavy atom. The minimum Gasteiger partial charge on any atom is -0.397 e. The van der Waals surface area contributed by atoms with Crippen molar-refractivity contribution in [1.29, 1.82) is 0 Å². The number of imidazole rings is 1. The topological polar surface area (TPSA) is 98.7 Å². The van der Waals surface area contributed by atoms with Crippen LogP contribution in [0.25, 0.3) is 11.3 Å². The van der Waals surface area contributed by atoms with Crippen LogP contribution in [0.15, 0.2) is 42.9 Å². The first kappa shape index (κ1) is 15.5. The van der Waals surface area contributed by atoms with Gasteiger partial charge in [0.2, 0.25) is 0 Å². The second-order valence-electron chi connectivity index (χ2n) is 5.99. The zero-order chi connectivity index (χ0) is 17.2. The van der Waals surface area contributed by atoms with Crippen LogP contribution in [0.1, 0.15) is 22.0 Å². The molecule has 0 aromatic carbocycles. The lowest BCUT2D eigenvalue weighted by molar-refractivity contribution is 0.0987. The second-order valence-corrected chi connectivity index (χ2v) is 5.99. The van der Waals surface area contributed by atoms with Crippen LogP contribution in [0.4, 0.5) is 5.69 Å². The van der Waals surface area contributed by atoms with Gasteiger partial charge in [-0.3, -0.25) is 14.8 Å². The van der Waals surface area contributed by atoms with E-state index in [1.807, 2.05) is 29.0 Å². The van der Waals surface area contributed by atoms with Crippen molar-refractivity contribution in [1.82, 2.24) is 24.8 Å².